The van der Waals surface area contributed by atoms with Crippen molar-refractivity contribution in [1.29, 1.82) is 0 Å². The minimum absolute atomic E-state index is 0.254. The number of fused-ring (bicyclic) bond motifs is 5. The molecule has 0 atom stereocenters. The summed E-state index contributed by atoms with van der Waals surface area (Å²) in [7, 11) is 0. The lowest BCUT2D eigenvalue weighted by Gasteiger charge is -2.33. The Morgan fingerprint density at radius 3 is 1.72 bits per heavy atom. The van der Waals surface area contributed by atoms with Crippen LogP contribution in [0.4, 0.5) is 0 Å². The van der Waals surface area contributed by atoms with Crippen molar-refractivity contribution in [3.05, 3.63) is 138 Å². The maximum absolute atomic E-state index is 11.1. The van der Waals surface area contributed by atoms with Crippen LogP contribution in [0.1, 0.15) is 22.3 Å². The van der Waals surface area contributed by atoms with E-state index in [9.17, 15) is 5.11 Å². The van der Waals surface area contributed by atoms with E-state index in [1.165, 1.54) is 33.4 Å². The van der Waals surface area contributed by atoms with Gasteiger partial charge in [0.05, 0.1) is 0 Å². The molecule has 1 heteroatoms. The van der Waals surface area contributed by atoms with Crippen LogP contribution < -0.4 is 0 Å². The third-order valence-corrected chi connectivity index (χ3v) is 6.95. The summed E-state index contributed by atoms with van der Waals surface area (Å²) in [6.07, 6.45) is 1.76. The molecule has 5 aromatic carbocycles. The molecule has 32 heavy (non-hydrogen) atoms. The lowest BCUT2D eigenvalue weighted by molar-refractivity contribution is 0.474. The van der Waals surface area contributed by atoms with Gasteiger partial charge in [0.25, 0.3) is 0 Å². The molecule has 0 spiro atoms. The van der Waals surface area contributed by atoms with Crippen LogP contribution >= 0.6 is 0 Å². The smallest absolute Gasteiger partial charge is 0.123 e. The molecule has 0 fully saturated rings. The first-order chi connectivity index (χ1) is 15.8. The molecule has 154 valence electrons. The Labute approximate surface area is 188 Å². The van der Waals surface area contributed by atoms with E-state index in [2.05, 4.69) is 97.1 Å². The molecule has 0 heterocycles. The minimum Gasteiger partial charge on any atom is -0.507 e. The van der Waals surface area contributed by atoms with E-state index in [-0.39, 0.29) is 5.41 Å². The molecule has 5 aromatic rings. The molecule has 6 rings (SSSR count). The number of rotatable bonds is 4. The summed E-state index contributed by atoms with van der Waals surface area (Å²) in [5.41, 5.74) is 7.47. The van der Waals surface area contributed by atoms with Gasteiger partial charge in [-0.05, 0) is 57.7 Å². The Morgan fingerprint density at radius 2 is 1.06 bits per heavy atom. The van der Waals surface area contributed by atoms with E-state index in [4.69, 9.17) is 0 Å². The second-order valence-corrected chi connectivity index (χ2v) is 8.82. The zero-order valence-electron chi connectivity index (χ0n) is 17.8. The quantitative estimate of drug-likeness (QED) is 0.328. The lowest BCUT2D eigenvalue weighted by Crippen LogP contribution is -2.31. The monoisotopic (exact) mass is 412 g/mol. The van der Waals surface area contributed by atoms with Crippen molar-refractivity contribution in [3.63, 3.8) is 0 Å². The average molecular weight is 413 g/mol. The Kier molecular flexibility index (Phi) is 4.36. The third kappa shape index (κ3) is 2.85. The average Bonchev–Trinajstić information content (AvgIpc) is 3.10. The minimum atomic E-state index is -0.254. The van der Waals surface area contributed by atoms with Crippen LogP contribution in [0.15, 0.2) is 115 Å². The maximum atomic E-state index is 11.1. The third-order valence-electron chi connectivity index (χ3n) is 6.95. The number of phenols is 1. The van der Waals surface area contributed by atoms with Crippen molar-refractivity contribution in [2.75, 3.05) is 0 Å². The Bertz CT molecular complexity index is 1380. The van der Waals surface area contributed by atoms with Crippen LogP contribution in [0.3, 0.4) is 0 Å². The fourth-order valence-corrected chi connectivity index (χ4v) is 5.62. The normalized spacial score (nSPS) is 13.6. The van der Waals surface area contributed by atoms with Gasteiger partial charge in [0.2, 0.25) is 0 Å². The van der Waals surface area contributed by atoms with E-state index < -0.39 is 0 Å². The molecule has 0 saturated heterocycles. The van der Waals surface area contributed by atoms with Crippen LogP contribution in [0.2, 0.25) is 0 Å². The topological polar surface area (TPSA) is 20.2 Å². The molecular formula is C31H24O. The van der Waals surface area contributed by atoms with Gasteiger partial charge in [-0.2, -0.15) is 0 Å². The molecule has 1 N–H and O–H groups in total. The summed E-state index contributed by atoms with van der Waals surface area (Å²) in [4.78, 5) is 0. The Hall–Kier alpha value is -3.84. The van der Waals surface area contributed by atoms with Crippen LogP contribution in [-0.4, -0.2) is 5.11 Å². The molecular weight excluding hydrogens is 388 g/mol. The molecule has 1 nitrogen and oxygen atoms in total. The largest absolute Gasteiger partial charge is 0.507 e. The van der Waals surface area contributed by atoms with Crippen LogP contribution in [0.5, 0.6) is 5.75 Å². The summed E-state index contributed by atoms with van der Waals surface area (Å²) >= 11 is 0. The molecule has 0 amide bonds. The first kappa shape index (κ1) is 18.9. The standard InChI is InChI=1S/C31H24O/c32-29-19-28-30(25-16-8-7-15-24(25)29)26-17-9-10-18-27(26)31(28,20-22-11-3-1-4-12-22)21-23-13-5-2-6-14-23/h1-19,32H,20-21H2. The predicted molar refractivity (Wildman–Crippen MR) is 132 cm³/mol. The molecule has 1 aliphatic carbocycles. The van der Waals surface area contributed by atoms with Gasteiger partial charge in [0.15, 0.2) is 0 Å². The summed E-state index contributed by atoms with van der Waals surface area (Å²) in [6.45, 7) is 0. The number of hydrogen-bond acceptors (Lipinski definition) is 1. The molecule has 1 aliphatic rings. The van der Waals surface area contributed by atoms with E-state index in [0.29, 0.717) is 5.75 Å². The summed E-state index contributed by atoms with van der Waals surface area (Å²) in [5.74, 6) is 0.359. The molecule has 0 aromatic heterocycles. The highest BCUT2D eigenvalue weighted by atomic mass is 16.3. The van der Waals surface area contributed by atoms with Crippen LogP contribution in [0.25, 0.3) is 21.9 Å². The summed E-state index contributed by atoms with van der Waals surface area (Å²) in [6, 6.07) is 40.5. The molecule has 0 saturated carbocycles. The highest BCUT2D eigenvalue weighted by molar-refractivity contribution is 6.05. The van der Waals surface area contributed by atoms with Crippen LogP contribution in [-0.2, 0) is 18.3 Å². The van der Waals surface area contributed by atoms with Gasteiger partial charge in [0, 0.05) is 10.8 Å². The molecule has 0 unspecified atom stereocenters. The van der Waals surface area contributed by atoms with Crippen molar-refractivity contribution in [2.24, 2.45) is 0 Å². The SMILES string of the molecule is Oc1cc2c(c3ccccc13)-c1ccccc1C2(Cc1ccccc1)Cc1ccccc1. The fourth-order valence-electron chi connectivity index (χ4n) is 5.62. The van der Waals surface area contributed by atoms with E-state index in [1.54, 1.807) is 0 Å². The van der Waals surface area contributed by atoms with Crippen molar-refractivity contribution in [3.8, 4) is 16.9 Å². The van der Waals surface area contributed by atoms with Gasteiger partial charge in [-0.25, -0.2) is 0 Å². The Balaban J connectivity index is 1.69. The highest BCUT2D eigenvalue weighted by Gasteiger charge is 2.44. The summed E-state index contributed by atoms with van der Waals surface area (Å²) in [5, 5.41) is 13.1. The van der Waals surface area contributed by atoms with Gasteiger partial charge in [-0.1, -0.05) is 109 Å². The van der Waals surface area contributed by atoms with Gasteiger partial charge in [-0.15, -0.1) is 0 Å². The van der Waals surface area contributed by atoms with E-state index in [1.807, 2.05) is 18.2 Å². The molecule has 0 bridgehead atoms. The van der Waals surface area contributed by atoms with Crippen molar-refractivity contribution in [2.45, 2.75) is 18.3 Å². The van der Waals surface area contributed by atoms with E-state index >= 15 is 0 Å². The predicted octanol–water partition coefficient (Wildman–Crippen LogP) is 7.30. The first-order valence-corrected chi connectivity index (χ1v) is 11.2. The number of benzene rings is 5. The highest BCUT2D eigenvalue weighted by Crippen LogP contribution is 2.55. The van der Waals surface area contributed by atoms with Gasteiger partial charge in [0.1, 0.15) is 5.75 Å². The van der Waals surface area contributed by atoms with Crippen molar-refractivity contribution >= 4 is 10.8 Å². The number of hydrogen-bond donors (Lipinski definition) is 1. The summed E-state index contributed by atoms with van der Waals surface area (Å²) < 4.78 is 0. The van der Waals surface area contributed by atoms with Gasteiger partial charge >= 0.3 is 0 Å². The van der Waals surface area contributed by atoms with Crippen molar-refractivity contribution in [1.82, 2.24) is 0 Å². The van der Waals surface area contributed by atoms with Gasteiger partial charge < -0.3 is 5.11 Å². The first-order valence-electron chi connectivity index (χ1n) is 11.2. The zero-order valence-corrected chi connectivity index (χ0v) is 17.8. The second kappa shape index (κ2) is 7.39. The maximum Gasteiger partial charge on any atom is 0.123 e. The number of aromatic hydroxyl groups is 1. The zero-order chi connectivity index (χ0) is 21.5. The van der Waals surface area contributed by atoms with Gasteiger partial charge in [-0.3, -0.25) is 0 Å². The van der Waals surface area contributed by atoms with Crippen LogP contribution in [0, 0.1) is 0 Å². The molecule has 0 aliphatic heterocycles. The van der Waals surface area contributed by atoms with E-state index in [0.717, 1.165) is 23.6 Å². The lowest BCUT2D eigenvalue weighted by atomic mass is 9.69. The second-order valence-electron chi connectivity index (χ2n) is 8.82. The molecule has 0 radical (unpaired) electrons. The number of phenolic OH excluding ortho intramolecular Hbond substituents is 1. The Morgan fingerprint density at radius 1 is 0.531 bits per heavy atom. The fraction of sp³-hybridized carbons (Fsp3) is 0.0968. The van der Waals surface area contributed by atoms with Crippen molar-refractivity contribution < 1.29 is 5.11 Å².